The lowest BCUT2D eigenvalue weighted by Crippen LogP contribution is -2.30. The van der Waals surface area contributed by atoms with Gasteiger partial charge in [0.15, 0.2) is 0 Å². The Morgan fingerprint density at radius 3 is 2.69 bits per heavy atom. The van der Waals surface area contributed by atoms with Crippen molar-refractivity contribution in [2.24, 2.45) is 0 Å². The number of anilines is 1. The van der Waals surface area contributed by atoms with E-state index >= 15 is 0 Å². The highest BCUT2D eigenvalue weighted by Gasteiger charge is 2.21. The number of fused-ring (bicyclic) bond motifs is 1. The fourth-order valence-corrected chi connectivity index (χ4v) is 3.47. The van der Waals surface area contributed by atoms with Gasteiger partial charge in [0, 0.05) is 17.3 Å². The SMILES string of the molecule is Nc1nccc(-c2ccc(C(=O)N[C@H]3CCCc4ccccc43)cc2)n1. The molecule has 0 radical (unpaired) electrons. The molecule has 1 heterocycles. The number of nitrogens with one attached hydrogen (secondary N) is 1. The van der Waals surface area contributed by atoms with Crippen LogP contribution in [0.1, 0.15) is 40.4 Å². The van der Waals surface area contributed by atoms with Crippen LogP contribution in [0.15, 0.2) is 60.8 Å². The number of benzene rings is 2. The second-order valence-corrected chi connectivity index (χ2v) is 6.49. The predicted octanol–water partition coefficient (Wildman–Crippen LogP) is 3.53. The first kappa shape index (κ1) is 16.3. The van der Waals surface area contributed by atoms with Gasteiger partial charge in [-0.3, -0.25) is 4.79 Å². The molecule has 0 spiro atoms. The van der Waals surface area contributed by atoms with E-state index in [4.69, 9.17) is 5.73 Å². The standard InChI is InChI=1S/C21H20N4O/c22-21-23-13-12-18(25-21)15-8-10-16(11-9-15)20(26)24-19-7-3-5-14-4-1-2-6-17(14)19/h1-2,4,6,8-13,19H,3,5,7H2,(H,24,26)(H2,22,23,25)/t19-/m0/s1. The minimum absolute atomic E-state index is 0.0551. The van der Waals surface area contributed by atoms with Crippen LogP contribution >= 0.6 is 0 Å². The molecule has 130 valence electrons. The number of nitrogens with two attached hydrogens (primary N) is 1. The quantitative estimate of drug-likeness (QED) is 0.761. The zero-order valence-electron chi connectivity index (χ0n) is 14.4. The van der Waals surface area contributed by atoms with E-state index in [2.05, 4.69) is 33.5 Å². The minimum Gasteiger partial charge on any atom is -0.368 e. The van der Waals surface area contributed by atoms with Crippen LogP contribution in [0.2, 0.25) is 0 Å². The van der Waals surface area contributed by atoms with E-state index < -0.39 is 0 Å². The number of nitrogens with zero attached hydrogens (tertiary/aromatic N) is 2. The summed E-state index contributed by atoms with van der Waals surface area (Å²) in [6.07, 6.45) is 4.77. The molecule has 0 unspecified atom stereocenters. The van der Waals surface area contributed by atoms with E-state index in [1.807, 2.05) is 30.3 Å². The molecule has 5 nitrogen and oxygen atoms in total. The second kappa shape index (κ2) is 6.96. The molecule has 0 bridgehead atoms. The molecule has 3 N–H and O–H groups in total. The molecular weight excluding hydrogens is 324 g/mol. The molecular formula is C21H20N4O. The average Bonchev–Trinajstić information content (AvgIpc) is 2.68. The second-order valence-electron chi connectivity index (χ2n) is 6.49. The summed E-state index contributed by atoms with van der Waals surface area (Å²) in [6, 6.07) is 17.6. The van der Waals surface area contributed by atoms with Gasteiger partial charge in [-0.15, -0.1) is 0 Å². The number of rotatable bonds is 3. The van der Waals surface area contributed by atoms with Gasteiger partial charge in [0.1, 0.15) is 0 Å². The van der Waals surface area contributed by atoms with E-state index in [1.165, 1.54) is 11.1 Å². The molecule has 1 aromatic heterocycles. The Morgan fingerprint density at radius 1 is 1.08 bits per heavy atom. The number of aromatic nitrogens is 2. The van der Waals surface area contributed by atoms with Crippen LogP contribution in [-0.4, -0.2) is 15.9 Å². The summed E-state index contributed by atoms with van der Waals surface area (Å²) in [5.74, 6) is 0.181. The third-order valence-electron chi connectivity index (χ3n) is 4.79. The van der Waals surface area contributed by atoms with Crippen LogP contribution in [0.4, 0.5) is 5.95 Å². The van der Waals surface area contributed by atoms with E-state index in [-0.39, 0.29) is 17.9 Å². The minimum atomic E-state index is -0.0551. The topological polar surface area (TPSA) is 80.9 Å². The Labute approximate surface area is 152 Å². The van der Waals surface area contributed by atoms with Gasteiger partial charge in [0.05, 0.1) is 11.7 Å². The number of hydrogen-bond donors (Lipinski definition) is 2. The van der Waals surface area contributed by atoms with Crippen molar-refractivity contribution < 1.29 is 4.79 Å². The highest BCUT2D eigenvalue weighted by Crippen LogP contribution is 2.29. The van der Waals surface area contributed by atoms with Crippen LogP contribution in [0.3, 0.4) is 0 Å². The third kappa shape index (κ3) is 3.28. The van der Waals surface area contributed by atoms with Crippen molar-refractivity contribution in [2.75, 3.05) is 5.73 Å². The van der Waals surface area contributed by atoms with Crippen LogP contribution in [-0.2, 0) is 6.42 Å². The first-order valence-electron chi connectivity index (χ1n) is 8.78. The molecule has 4 rings (SSSR count). The Kier molecular flexibility index (Phi) is 4.35. The summed E-state index contributed by atoms with van der Waals surface area (Å²) >= 11 is 0. The Balaban J connectivity index is 1.51. The van der Waals surface area contributed by atoms with Crippen molar-refractivity contribution in [1.29, 1.82) is 0 Å². The van der Waals surface area contributed by atoms with Crippen LogP contribution in [0.25, 0.3) is 11.3 Å². The number of amides is 1. The summed E-state index contributed by atoms with van der Waals surface area (Å²) in [7, 11) is 0. The lowest BCUT2D eigenvalue weighted by molar-refractivity contribution is 0.0933. The predicted molar refractivity (Wildman–Crippen MR) is 101 cm³/mol. The molecule has 5 heteroatoms. The first-order valence-corrected chi connectivity index (χ1v) is 8.78. The average molecular weight is 344 g/mol. The van der Waals surface area contributed by atoms with Crippen LogP contribution < -0.4 is 11.1 Å². The van der Waals surface area contributed by atoms with Crippen molar-refractivity contribution in [3.8, 4) is 11.3 Å². The fourth-order valence-electron chi connectivity index (χ4n) is 3.47. The lowest BCUT2D eigenvalue weighted by atomic mass is 9.87. The monoisotopic (exact) mass is 344 g/mol. The van der Waals surface area contributed by atoms with Gasteiger partial charge in [-0.05, 0) is 48.6 Å². The van der Waals surface area contributed by atoms with Gasteiger partial charge in [-0.25, -0.2) is 9.97 Å². The van der Waals surface area contributed by atoms with E-state index in [0.717, 1.165) is 30.5 Å². The molecule has 1 aliphatic carbocycles. The molecule has 0 saturated heterocycles. The molecule has 0 saturated carbocycles. The Morgan fingerprint density at radius 2 is 1.88 bits per heavy atom. The number of carbonyl (C=O) groups is 1. The number of aryl methyl sites for hydroxylation is 1. The molecule has 3 aromatic rings. The fraction of sp³-hybridized carbons (Fsp3) is 0.190. The summed E-state index contributed by atoms with van der Waals surface area (Å²) in [5.41, 5.74) is 10.5. The zero-order valence-corrected chi connectivity index (χ0v) is 14.4. The number of carbonyl (C=O) groups excluding carboxylic acids is 1. The van der Waals surface area contributed by atoms with Gasteiger partial charge < -0.3 is 11.1 Å². The normalized spacial score (nSPS) is 15.9. The summed E-state index contributed by atoms with van der Waals surface area (Å²) in [6.45, 7) is 0. The largest absolute Gasteiger partial charge is 0.368 e. The third-order valence-corrected chi connectivity index (χ3v) is 4.79. The van der Waals surface area contributed by atoms with Crippen molar-refractivity contribution in [3.63, 3.8) is 0 Å². The highest BCUT2D eigenvalue weighted by atomic mass is 16.1. The zero-order chi connectivity index (χ0) is 17.9. The molecule has 0 fully saturated rings. The molecule has 1 amide bonds. The molecule has 0 aliphatic heterocycles. The lowest BCUT2D eigenvalue weighted by Gasteiger charge is -2.26. The maximum Gasteiger partial charge on any atom is 0.251 e. The van der Waals surface area contributed by atoms with E-state index in [1.54, 1.807) is 12.3 Å². The summed E-state index contributed by atoms with van der Waals surface area (Å²) in [5, 5.41) is 3.18. The van der Waals surface area contributed by atoms with Gasteiger partial charge in [0.25, 0.3) is 5.91 Å². The Hall–Kier alpha value is -3.21. The first-order chi connectivity index (χ1) is 12.7. The molecule has 26 heavy (non-hydrogen) atoms. The van der Waals surface area contributed by atoms with Crippen molar-refractivity contribution in [1.82, 2.24) is 15.3 Å². The van der Waals surface area contributed by atoms with E-state index in [9.17, 15) is 4.79 Å². The molecule has 1 atom stereocenters. The smallest absolute Gasteiger partial charge is 0.251 e. The molecule has 1 aliphatic rings. The van der Waals surface area contributed by atoms with Crippen molar-refractivity contribution >= 4 is 11.9 Å². The summed E-state index contributed by atoms with van der Waals surface area (Å²) < 4.78 is 0. The number of hydrogen-bond acceptors (Lipinski definition) is 4. The number of nitrogen functional groups attached to an aromatic ring is 1. The van der Waals surface area contributed by atoms with Gasteiger partial charge in [-0.1, -0.05) is 36.4 Å². The van der Waals surface area contributed by atoms with Crippen LogP contribution in [0, 0.1) is 0 Å². The Bertz CT molecular complexity index is 937. The van der Waals surface area contributed by atoms with Crippen molar-refractivity contribution in [3.05, 3.63) is 77.5 Å². The van der Waals surface area contributed by atoms with Gasteiger partial charge in [0.2, 0.25) is 5.95 Å². The molecule has 2 aromatic carbocycles. The van der Waals surface area contributed by atoms with Crippen LogP contribution in [0.5, 0.6) is 0 Å². The van der Waals surface area contributed by atoms with Gasteiger partial charge in [-0.2, -0.15) is 0 Å². The highest BCUT2D eigenvalue weighted by molar-refractivity contribution is 5.95. The maximum atomic E-state index is 12.7. The van der Waals surface area contributed by atoms with E-state index in [0.29, 0.717) is 5.56 Å². The van der Waals surface area contributed by atoms with Gasteiger partial charge >= 0.3 is 0 Å². The maximum absolute atomic E-state index is 12.7. The van der Waals surface area contributed by atoms with Crippen molar-refractivity contribution in [2.45, 2.75) is 25.3 Å². The summed E-state index contributed by atoms with van der Waals surface area (Å²) in [4.78, 5) is 20.8.